The number of hydrogen-bond donors (Lipinski definition) is 2. The molecule has 0 aromatic rings. The van der Waals surface area contributed by atoms with Crippen LogP contribution in [0.1, 0.15) is 60.8 Å². The first kappa shape index (κ1) is 25.3. The number of guanidine groups is 1. The molecule has 1 atom stereocenters. The SMILES string of the molecule is C=C(C)CN1CCC(NC(=NCCC(C)N(C)C(=O)OC(C)(C)C)NCC)CC1. The predicted molar refractivity (Wildman–Crippen MR) is 121 cm³/mol. The summed E-state index contributed by atoms with van der Waals surface area (Å²) < 4.78 is 5.44. The van der Waals surface area contributed by atoms with Gasteiger partial charge in [0.25, 0.3) is 0 Å². The molecule has 1 amide bonds. The van der Waals surface area contributed by atoms with Crippen LogP contribution in [0.25, 0.3) is 0 Å². The monoisotopic (exact) mass is 409 g/mol. The summed E-state index contributed by atoms with van der Waals surface area (Å²) >= 11 is 0. The number of nitrogens with one attached hydrogen (secondary N) is 2. The Bertz CT molecular complexity index is 548. The fourth-order valence-electron chi connectivity index (χ4n) is 3.20. The molecule has 29 heavy (non-hydrogen) atoms. The van der Waals surface area contributed by atoms with Crippen LogP contribution in [0.4, 0.5) is 4.79 Å². The number of hydrogen-bond acceptors (Lipinski definition) is 4. The molecule has 0 saturated carbocycles. The quantitative estimate of drug-likeness (QED) is 0.366. The van der Waals surface area contributed by atoms with Gasteiger partial charge in [-0.15, -0.1) is 0 Å². The van der Waals surface area contributed by atoms with Crippen molar-refractivity contribution >= 4 is 12.1 Å². The van der Waals surface area contributed by atoms with Gasteiger partial charge >= 0.3 is 6.09 Å². The Morgan fingerprint density at radius 3 is 2.48 bits per heavy atom. The van der Waals surface area contributed by atoms with E-state index in [0.29, 0.717) is 12.6 Å². The Balaban J connectivity index is 2.47. The molecule has 1 fully saturated rings. The fourth-order valence-corrected chi connectivity index (χ4v) is 3.20. The first-order valence-corrected chi connectivity index (χ1v) is 10.9. The summed E-state index contributed by atoms with van der Waals surface area (Å²) in [5.41, 5.74) is 0.738. The van der Waals surface area contributed by atoms with E-state index in [4.69, 9.17) is 9.73 Å². The van der Waals surface area contributed by atoms with Gasteiger partial charge in [-0.3, -0.25) is 9.89 Å². The van der Waals surface area contributed by atoms with E-state index < -0.39 is 5.60 Å². The largest absolute Gasteiger partial charge is 0.444 e. The lowest BCUT2D eigenvalue weighted by atomic mass is 10.0. The van der Waals surface area contributed by atoms with Crippen LogP contribution in [0.5, 0.6) is 0 Å². The van der Waals surface area contributed by atoms with Gasteiger partial charge < -0.3 is 20.3 Å². The molecule has 0 aromatic carbocycles. The van der Waals surface area contributed by atoms with Gasteiger partial charge in [0.15, 0.2) is 5.96 Å². The number of carbonyl (C=O) groups excluding carboxylic acids is 1. The first-order chi connectivity index (χ1) is 13.5. The number of carbonyl (C=O) groups is 1. The van der Waals surface area contributed by atoms with Crippen molar-refractivity contribution < 1.29 is 9.53 Å². The zero-order chi connectivity index (χ0) is 22.0. The zero-order valence-corrected chi connectivity index (χ0v) is 19.7. The number of ether oxygens (including phenoxy) is 1. The number of nitrogens with zero attached hydrogens (tertiary/aromatic N) is 3. The highest BCUT2D eigenvalue weighted by atomic mass is 16.6. The summed E-state index contributed by atoms with van der Waals surface area (Å²) in [6.07, 6.45) is 2.70. The Hall–Kier alpha value is -1.76. The van der Waals surface area contributed by atoms with Crippen LogP contribution in [-0.4, -0.2) is 79.3 Å². The summed E-state index contributed by atoms with van der Waals surface area (Å²) in [7, 11) is 1.78. The van der Waals surface area contributed by atoms with Gasteiger partial charge in [-0.1, -0.05) is 12.2 Å². The summed E-state index contributed by atoms with van der Waals surface area (Å²) in [6.45, 7) is 20.5. The molecular formula is C22H43N5O2. The Labute approximate surface area is 177 Å². The summed E-state index contributed by atoms with van der Waals surface area (Å²) in [6, 6.07) is 0.498. The number of likely N-dealkylation sites (tertiary alicyclic amines) is 1. The van der Waals surface area contributed by atoms with Gasteiger partial charge in [0.05, 0.1) is 0 Å². The van der Waals surface area contributed by atoms with Crippen molar-refractivity contribution in [2.24, 2.45) is 4.99 Å². The molecular weight excluding hydrogens is 366 g/mol. The molecule has 7 nitrogen and oxygen atoms in total. The lowest BCUT2D eigenvalue weighted by Gasteiger charge is -2.33. The summed E-state index contributed by atoms with van der Waals surface area (Å²) in [5, 5.41) is 6.91. The van der Waals surface area contributed by atoms with Gasteiger partial charge in [-0.25, -0.2) is 4.79 Å². The van der Waals surface area contributed by atoms with Crippen LogP contribution >= 0.6 is 0 Å². The zero-order valence-electron chi connectivity index (χ0n) is 19.7. The van der Waals surface area contributed by atoms with E-state index in [1.807, 2.05) is 27.7 Å². The molecule has 0 spiro atoms. The lowest BCUT2D eigenvalue weighted by Crippen LogP contribution is -2.49. The van der Waals surface area contributed by atoms with Crippen molar-refractivity contribution in [2.75, 3.05) is 39.8 Å². The van der Waals surface area contributed by atoms with Gasteiger partial charge in [-0.05, 0) is 60.8 Å². The highest BCUT2D eigenvalue weighted by molar-refractivity contribution is 5.80. The van der Waals surface area contributed by atoms with Crippen LogP contribution in [0, 0.1) is 0 Å². The lowest BCUT2D eigenvalue weighted by molar-refractivity contribution is 0.0231. The Kier molecular flexibility index (Phi) is 10.5. The van der Waals surface area contributed by atoms with Gasteiger partial charge in [0.1, 0.15) is 5.60 Å². The van der Waals surface area contributed by atoms with Crippen molar-refractivity contribution in [3.63, 3.8) is 0 Å². The third-order valence-corrected chi connectivity index (χ3v) is 4.93. The molecule has 0 aliphatic carbocycles. The van der Waals surface area contributed by atoms with Crippen LogP contribution < -0.4 is 10.6 Å². The fraction of sp³-hybridized carbons (Fsp3) is 0.818. The molecule has 1 rings (SSSR count). The average molecular weight is 410 g/mol. The van der Waals surface area contributed by atoms with Crippen molar-refractivity contribution in [3.05, 3.63) is 12.2 Å². The van der Waals surface area contributed by atoms with Gasteiger partial charge in [0.2, 0.25) is 0 Å². The maximum absolute atomic E-state index is 12.2. The first-order valence-electron chi connectivity index (χ1n) is 10.9. The third-order valence-electron chi connectivity index (χ3n) is 4.93. The number of piperidine rings is 1. The van der Waals surface area contributed by atoms with E-state index in [1.165, 1.54) is 5.57 Å². The van der Waals surface area contributed by atoms with Crippen LogP contribution in [0.3, 0.4) is 0 Å². The minimum absolute atomic E-state index is 0.0573. The van der Waals surface area contributed by atoms with E-state index in [0.717, 1.165) is 51.4 Å². The highest BCUT2D eigenvalue weighted by Crippen LogP contribution is 2.13. The van der Waals surface area contributed by atoms with Crippen molar-refractivity contribution in [3.8, 4) is 0 Å². The van der Waals surface area contributed by atoms with Gasteiger partial charge in [-0.2, -0.15) is 0 Å². The second kappa shape index (κ2) is 12.1. The number of aliphatic imine (C=N–C) groups is 1. The second-order valence-electron chi connectivity index (χ2n) is 9.14. The normalized spacial score (nSPS) is 17.6. The van der Waals surface area contributed by atoms with E-state index in [9.17, 15) is 4.79 Å². The molecule has 2 N–H and O–H groups in total. The van der Waals surface area contributed by atoms with Crippen LogP contribution in [0.2, 0.25) is 0 Å². The van der Waals surface area contributed by atoms with E-state index in [-0.39, 0.29) is 12.1 Å². The molecule has 1 aliphatic heterocycles. The van der Waals surface area contributed by atoms with Crippen molar-refractivity contribution in [2.45, 2.75) is 78.5 Å². The summed E-state index contributed by atoms with van der Waals surface area (Å²) in [5.74, 6) is 0.859. The highest BCUT2D eigenvalue weighted by Gasteiger charge is 2.23. The molecule has 1 heterocycles. The second-order valence-corrected chi connectivity index (χ2v) is 9.14. The minimum atomic E-state index is -0.481. The van der Waals surface area contributed by atoms with E-state index in [1.54, 1.807) is 11.9 Å². The predicted octanol–water partition coefficient (Wildman–Crippen LogP) is 3.23. The Morgan fingerprint density at radius 1 is 1.34 bits per heavy atom. The maximum atomic E-state index is 12.2. The molecule has 7 heteroatoms. The third kappa shape index (κ3) is 10.5. The topological polar surface area (TPSA) is 69.2 Å². The molecule has 0 bridgehead atoms. The maximum Gasteiger partial charge on any atom is 0.410 e. The van der Waals surface area contributed by atoms with Crippen LogP contribution in [0.15, 0.2) is 17.1 Å². The molecule has 1 aliphatic rings. The average Bonchev–Trinajstić information content (AvgIpc) is 2.60. The summed E-state index contributed by atoms with van der Waals surface area (Å²) in [4.78, 5) is 21.0. The molecule has 1 unspecified atom stereocenters. The van der Waals surface area contributed by atoms with E-state index in [2.05, 4.69) is 36.0 Å². The van der Waals surface area contributed by atoms with E-state index >= 15 is 0 Å². The number of amides is 1. The molecule has 168 valence electrons. The van der Waals surface area contributed by atoms with Crippen molar-refractivity contribution in [1.29, 1.82) is 0 Å². The molecule has 0 aromatic heterocycles. The molecule has 0 radical (unpaired) electrons. The van der Waals surface area contributed by atoms with Crippen LogP contribution in [-0.2, 0) is 4.74 Å². The smallest absolute Gasteiger partial charge is 0.410 e. The standard InChI is InChI=1S/C22H43N5O2/c1-9-23-20(25-19-11-14-27(15-12-19)16-17(2)3)24-13-10-18(4)26(8)21(28)29-22(5,6)7/h18-19H,2,9-16H2,1,3-8H3,(H2,23,24,25). The minimum Gasteiger partial charge on any atom is -0.444 e. The van der Waals surface area contributed by atoms with Gasteiger partial charge in [0, 0.05) is 51.9 Å². The number of rotatable bonds is 8. The Morgan fingerprint density at radius 2 is 1.97 bits per heavy atom. The van der Waals surface area contributed by atoms with Crippen molar-refractivity contribution in [1.82, 2.24) is 20.4 Å². The molecule has 1 saturated heterocycles.